The third kappa shape index (κ3) is 3.23. The standard InChI is InChI=1S/C17H22O7/c18-8-12-14(20)15(21)16(22)17(24-12)23-11-7-3-5-9-4-1-2-6-10(11)13(9)19/h1-4,6-7,9-12,14-18,20-22H,5,8H2/t9-,10+,11-,12+,14+,15-,16+,17+/m0/s1. The third-order valence-electron chi connectivity index (χ3n) is 4.68. The molecule has 1 heterocycles. The summed E-state index contributed by atoms with van der Waals surface area (Å²) in [4.78, 5) is 12.6. The molecule has 3 aliphatic rings. The van der Waals surface area contributed by atoms with E-state index in [4.69, 9.17) is 9.47 Å². The van der Waals surface area contributed by atoms with Crippen LogP contribution in [0.5, 0.6) is 0 Å². The van der Waals surface area contributed by atoms with E-state index in [0.717, 1.165) is 0 Å². The van der Waals surface area contributed by atoms with Crippen LogP contribution in [0.4, 0.5) is 0 Å². The molecule has 0 aromatic heterocycles. The van der Waals surface area contributed by atoms with Gasteiger partial charge in [-0.2, -0.15) is 0 Å². The highest BCUT2D eigenvalue weighted by atomic mass is 16.7. The number of carbonyl (C=O) groups excluding carboxylic acids is 1. The van der Waals surface area contributed by atoms with Crippen molar-refractivity contribution in [2.45, 2.75) is 43.2 Å². The summed E-state index contributed by atoms with van der Waals surface area (Å²) in [5.41, 5.74) is 0. The lowest BCUT2D eigenvalue weighted by Gasteiger charge is -2.41. The van der Waals surface area contributed by atoms with Gasteiger partial charge in [0.15, 0.2) is 6.29 Å². The van der Waals surface area contributed by atoms with Crippen molar-refractivity contribution in [3.63, 3.8) is 0 Å². The summed E-state index contributed by atoms with van der Waals surface area (Å²) in [7, 11) is 0. The van der Waals surface area contributed by atoms with Crippen LogP contribution in [0.1, 0.15) is 6.42 Å². The second kappa shape index (κ2) is 7.26. The molecule has 132 valence electrons. The summed E-state index contributed by atoms with van der Waals surface area (Å²) in [6, 6.07) is 0. The second-order valence-corrected chi connectivity index (χ2v) is 6.27. The largest absolute Gasteiger partial charge is 0.394 e. The highest BCUT2D eigenvalue weighted by Gasteiger charge is 2.45. The van der Waals surface area contributed by atoms with E-state index in [0.29, 0.717) is 6.42 Å². The van der Waals surface area contributed by atoms with E-state index in [1.165, 1.54) is 0 Å². The predicted molar refractivity (Wildman–Crippen MR) is 82.7 cm³/mol. The van der Waals surface area contributed by atoms with Crippen LogP contribution in [0.2, 0.25) is 0 Å². The third-order valence-corrected chi connectivity index (χ3v) is 4.68. The van der Waals surface area contributed by atoms with E-state index in [9.17, 15) is 25.2 Å². The van der Waals surface area contributed by atoms with Gasteiger partial charge < -0.3 is 29.9 Å². The molecule has 1 saturated heterocycles. The summed E-state index contributed by atoms with van der Waals surface area (Å²) >= 11 is 0. The minimum atomic E-state index is -1.51. The number of allylic oxidation sites excluding steroid dienone is 4. The van der Waals surface area contributed by atoms with E-state index in [-0.39, 0.29) is 11.7 Å². The first-order valence-corrected chi connectivity index (χ1v) is 8.04. The molecular weight excluding hydrogens is 316 g/mol. The summed E-state index contributed by atoms with van der Waals surface area (Å²) in [5.74, 6) is -0.736. The number of Topliss-reactive ketones (excluding diaryl/α,β-unsaturated/α-hetero) is 1. The van der Waals surface area contributed by atoms with Crippen molar-refractivity contribution in [3.05, 3.63) is 36.5 Å². The zero-order valence-electron chi connectivity index (χ0n) is 13.0. The van der Waals surface area contributed by atoms with Crippen LogP contribution in [-0.2, 0) is 14.3 Å². The highest BCUT2D eigenvalue weighted by molar-refractivity contribution is 5.88. The lowest BCUT2D eigenvalue weighted by atomic mass is 9.90. The van der Waals surface area contributed by atoms with Gasteiger partial charge in [-0.15, -0.1) is 0 Å². The number of hydrogen-bond donors (Lipinski definition) is 4. The van der Waals surface area contributed by atoms with Crippen molar-refractivity contribution in [2.75, 3.05) is 6.61 Å². The Labute approximate surface area is 139 Å². The van der Waals surface area contributed by atoms with E-state index in [1.807, 2.05) is 18.2 Å². The number of hydrogen-bond acceptors (Lipinski definition) is 7. The number of aliphatic hydroxyl groups excluding tert-OH is 4. The SMILES string of the molecule is O=C1[C@H]2C=CC=C[C@@H]1[C@@H](O[C@@H]1O[C@H](CO)[C@@H](O)[C@H](O)[C@H]1O)C=CC2. The van der Waals surface area contributed by atoms with Crippen LogP contribution in [-0.4, -0.2) is 69.6 Å². The smallest absolute Gasteiger partial charge is 0.187 e. The number of rotatable bonds is 3. The average molecular weight is 338 g/mol. The Morgan fingerprint density at radius 1 is 1.08 bits per heavy atom. The molecule has 0 aromatic carbocycles. The van der Waals surface area contributed by atoms with Crippen molar-refractivity contribution in [1.82, 2.24) is 0 Å². The van der Waals surface area contributed by atoms with Gasteiger partial charge in [0.2, 0.25) is 0 Å². The Bertz CT molecular complexity index is 553. The summed E-state index contributed by atoms with van der Waals surface area (Å²) in [5, 5.41) is 39.0. The Hall–Kier alpha value is -1.35. The van der Waals surface area contributed by atoms with Gasteiger partial charge in [-0.1, -0.05) is 36.5 Å². The molecule has 0 spiro atoms. The molecule has 7 nitrogen and oxygen atoms in total. The first-order chi connectivity index (χ1) is 11.5. The van der Waals surface area contributed by atoms with Crippen molar-refractivity contribution in [1.29, 1.82) is 0 Å². The molecule has 4 N–H and O–H groups in total. The second-order valence-electron chi connectivity index (χ2n) is 6.27. The number of carbonyl (C=O) groups is 1. The van der Waals surface area contributed by atoms with Crippen LogP contribution >= 0.6 is 0 Å². The van der Waals surface area contributed by atoms with Crippen LogP contribution < -0.4 is 0 Å². The number of ether oxygens (including phenoxy) is 2. The normalized spacial score (nSPS) is 45.1. The van der Waals surface area contributed by atoms with Crippen molar-refractivity contribution in [2.24, 2.45) is 11.8 Å². The van der Waals surface area contributed by atoms with E-state index in [1.54, 1.807) is 18.2 Å². The molecule has 24 heavy (non-hydrogen) atoms. The van der Waals surface area contributed by atoms with Crippen LogP contribution in [0.3, 0.4) is 0 Å². The molecule has 0 unspecified atom stereocenters. The predicted octanol–water partition coefficient (Wildman–Crippen LogP) is -0.941. The fraction of sp³-hybridized carbons (Fsp3) is 0.588. The molecule has 3 rings (SSSR count). The van der Waals surface area contributed by atoms with Crippen molar-refractivity contribution in [3.8, 4) is 0 Å². The van der Waals surface area contributed by atoms with Crippen LogP contribution in [0.25, 0.3) is 0 Å². The maximum absolute atomic E-state index is 12.6. The lowest BCUT2D eigenvalue weighted by Crippen LogP contribution is -2.60. The molecule has 2 bridgehead atoms. The zero-order valence-corrected chi connectivity index (χ0v) is 13.0. The molecule has 0 saturated carbocycles. The fourth-order valence-corrected chi connectivity index (χ4v) is 3.23. The van der Waals surface area contributed by atoms with E-state index >= 15 is 0 Å². The van der Waals surface area contributed by atoms with Gasteiger partial charge in [0.05, 0.1) is 18.6 Å². The quantitative estimate of drug-likeness (QED) is 0.491. The van der Waals surface area contributed by atoms with E-state index < -0.39 is 49.3 Å². The molecular formula is C17H22O7. The Morgan fingerprint density at radius 2 is 1.83 bits per heavy atom. The van der Waals surface area contributed by atoms with Gasteiger partial charge in [-0.3, -0.25) is 4.79 Å². The van der Waals surface area contributed by atoms with Gasteiger partial charge in [-0.25, -0.2) is 0 Å². The Morgan fingerprint density at radius 3 is 2.58 bits per heavy atom. The lowest BCUT2D eigenvalue weighted by molar-refractivity contribution is -0.309. The number of fused-ring (bicyclic) bond motifs is 2. The topological polar surface area (TPSA) is 116 Å². The van der Waals surface area contributed by atoms with Gasteiger partial charge >= 0.3 is 0 Å². The van der Waals surface area contributed by atoms with Crippen molar-refractivity contribution < 1.29 is 34.7 Å². The van der Waals surface area contributed by atoms with Gasteiger partial charge in [0.25, 0.3) is 0 Å². The maximum atomic E-state index is 12.6. The van der Waals surface area contributed by atoms with Crippen LogP contribution in [0, 0.1) is 11.8 Å². The van der Waals surface area contributed by atoms with Gasteiger partial charge in [-0.05, 0) is 6.42 Å². The van der Waals surface area contributed by atoms with E-state index in [2.05, 4.69) is 0 Å². The molecule has 2 aliphatic carbocycles. The molecule has 8 atom stereocenters. The highest BCUT2D eigenvalue weighted by Crippen LogP contribution is 2.30. The molecule has 0 amide bonds. The summed E-state index contributed by atoms with van der Waals surface area (Å²) in [6.07, 6.45) is 3.95. The molecule has 1 fully saturated rings. The maximum Gasteiger partial charge on any atom is 0.187 e. The molecule has 1 aliphatic heterocycles. The minimum absolute atomic E-state index is 0.0135. The molecule has 0 radical (unpaired) electrons. The summed E-state index contributed by atoms with van der Waals surface area (Å²) < 4.78 is 11.1. The molecule has 7 heteroatoms. The monoisotopic (exact) mass is 338 g/mol. The minimum Gasteiger partial charge on any atom is -0.394 e. The first-order valence-electron chi connectivity index (χ1n) is 8.04. The summed E-state index contributed by atoms with van der Waals surface area (Å²) in [6.45, 7) is -0.528. The first kappa shape index (κ1) is 17.5. The Balaban J connectivity index is 1.78. The van der Waals surface area contributed by atoms with Crippen molar-refractivity contribution >= 4 is 5.78 Å². The Kier molecular flexibility index (Phi) is 5.29. The number of ketones is 1. The van der Waals surface area contributed by atoms with Crippen LogP contribution in [0.15, 0.2) is 36.5 Å². The zero-order chi connectivity index (χ0) is 17.3. The number of aliphatic hydroxyl groups is 4. The fourth-order valence-electron chi connectivity index (χ4n) is 3.23. The van der Waals surface area contributed by atoms with Gasteiger partial charge in [0.1, 0.15) is 30.2 Å². The molecule has 0 aromatic rings. The van der Waals surface area contributed by atoms with Gasteiger partial charge in [0, 0.05) is 5.92 Å². The average Bonchev–Trinajstić information content (AvgIpc) is 2.85.